The summed E-state index contributed by atoms with van der Waals surface area (Å²) in [5, 5.41) is 11.8. The van der Waals surface area contributed by atoms with Crippen molar-refractivity contribution in [3.63, 3.8) is 0 Å². The number of nitrogens with two attached hydrogens (primary N) is 1. The highest BCUT2D eigenvalue weighted by molar-refractivity contribution is 9.10. The van der Waals surface area contributed by atoms with Crippen LogP contribution in [0.15, 0.2) is 22.7 Å². The predicted octanol–water partition coefficient (Wildman–Crippen LogP) is 2.59. The quantitative estimate of drug-likeness (QED) is 0.499. The third kappa shape index (κ3) is 3.74. The topological polar surface area (TPSA) is 91.0 Å². The van der Waals surface area contributed by atoms with Crippen LogP contribution in [0.2, 0.25) is 0 Å². The first-order chi connectivity index (χ1) is 7.91. The van der Waals surface area contributed by atoms with E-state index in [2.05, 4.69) is 26.6 Å². The molecule has 0 saturated carbocycles. The lowest BCUT2D eigenvalue weighted by atomic mass is 10.0. The summed E-state index contributed by atoms with van der Waals surface area (Å²) < 4.78 is 0.794. The van der Waals surface area contributed by atoms with Crippen molar-refractivity contribution in [2.75, 3.05) is 5.32 Å². The van der Waals surface area contributed by atoms with Gasteiger partial charge in [-0.15, -0.1) is 0 Å². The Hall–Kier alpha value is -1.56. The van der Waals surface area contributed by atoms with Crippen molar-refractivity contribution >= 4 is 33.6 Å². The standard InChI is InChI=1S/C11H15BrN4O/c1-6(2)7-4-3-5-8(12)9(7)15-11(17)16-10(13)14/h3-6H,1-2H3,(H5,13,14,15,16,17). The van der Waals surface area contributed by atoms with Gasteiger partial charge >= 0.3 is 6.03 Å². The van der Waals surface area contributed by atoms with Crippen molar-refractivity contribution in [1.82, 2.24) is 5.32 Å². The van der Waals surface area contributed by atoms with Gasteiger partial charge in [0.05, 0.1) is 5.69 Å². The van der Waals surface area contributed by atoms with Gasteiger partial charge < -0.3 is 11.1 Å². The van der Waals surface area contributed by atoms with Gasteiger partial charge in [0.25, 0.3) is 0 Å². The van der Waals surface area contributed by atoms with Crippen LogP contribution in [-0.2, 0) is 0 Å². The van der Waals surface area contributed by atoms with Gasteiger partial charge in [-0.05, 0) is 33.5 Å². The third-order valence-corrected chi connectivity index (χ3v) is 2.82. The Bertz CT molecular complexity index is 445. The van der Waals surface area contributed by atoms with E-state index in [9.17, 15) is 4.79 Å². The molecule has 0 aliphatic carbocycles. The average Bonchev–Trinajstić information content (AvgIpc) is 2.19. The smallest absolute Gasteiger partial charge is 0.326 e. The molecular weight excluding hydrogens is 284 g/mol. The van der Waals surface area contributed by atoms with E-state index in [0.29, 0.717) is 5.69 Å². The SMILES string of the molecule is CC(C)c1cccc(Br)c1NC(=O)NC(=N)N. The van der Waals surface area contributed by atoms with Crippen LogP contribution in [0.5, 0.6) is 0 Å². The Morgan fingerprint density at radius 2 is 2.12 bits per heavy atom. The number of carbonyl (C=O) groups excluding carboxylic acids is 1. The molecule has 5 nitrogen and oxygen atoms in total. The number of benzene rings is 1. The molecule has 17 heavy (non-hydrogen) atoms. The maximum absolute atomic E-state index is 11.5. The van der Waals surface area contributed by atoms with Crippen molar-refractivity contribution in [1.29, 1.82) is 5.41 Å². The molecule has 0 heterocycles. The van der Waals surface area contributed by atoms with Gasteiger partial charge in [0.2, 0.25) is 0 Å². The zero-order valence-corrected chi connectivity index (χ0v) is 11.3. The first-order valence-electron chi connectivity index (χ1n) is 5.12. The highest BCUT2D eigenvalue weighted by Crippen LogP contribution is 2.31. The molecule has 0 saturated heterocycles. The number of anilines is 1. The van der Waals surface area contributed by atoms with Crippen LogP contribution in [0.3, 0.4) is 0 Å². The Morgan fingerprint density at radius 3 is 2.65 bits per heavy atom. The Morgan fingerprint density at radius 1 is 1.47 bits per heavy atom. The van der Waals surface area contributed by atoms with E-state index in [1.165, 1.54) is 0 Å². The van der Waals surface area contributed by atoms with E-state index >= 15 is 0 Å². The fraction of sp³-hybridized carbons (Fsp3) is 0.273. The highest BCUT2D eigenvalue weighted by Gasteiger charge is 2.12. The summed E-state index contributed by atoms with van der Waals surface area (Å²) in [5.74, 6) is -0.110. The molecule has 0 bridgehead atoms. The number of hydrogen-bond donors (Lipinski definition) is 4. The van der Waals surface area contributed by atoms with Crippen molar-refractivity contribution in [3.05, 3.63) is 28.2 Å². The second-order valence-electron chi connectivity index (χ2n) is 3.85. The minimum absolute atomic E-state index is 0.278. The molecule has 0 aliphatic rings. The van der Waals surface area contributed by atoms with Gasteiger partial charge in [-0.3, -0.25) is 10.7 Å². The summed E-state index contributed by atoms with van der Waals surface area (Å²) in [6.07, 6.45) is 0. The number of urea groups is 1. The normalized spacial score (nSPS) is 10.1. The first kappa shape index (κ1) is 13.5. The van der Waals surface area contributed by atoms with Crippen LogP contribution in [0, 0.1) is 5.41 Å². The number of carbonyl (C=O) groups is 1. The molecule has 2 amide bonds. The molecule has 0 fully saturated rings. The number of halogens is 1. The van der Waals surface area contributed by atoms with E-state index < -0.39 is 6.03 Å². The molecule has 92 valence electrons. The van der Waals surface area contributed by atoms with Gasteiger partial charge in [-0.25, -0.2) is 4.79 Å². The maximum atomic E-state index is 11.5. The summed E-state index contributed by atoms with van der Waals surface area (Å²) in [7, 11) is 0. The lowest BCUT2D eigenvalue weighted by Crippen LogP contribution is -2.38. The molecule has 0 aromatic heterocycles. The van der Waals surface area contributed by atoms with E-state index in [-0.39, 0.29) is 11.9 Å². The molecule has 0 spiro atoms. The lowest BCUT2D eigenvalue weighted by Gasteiger charge is -2.15. The molecular formula is C11H15BrN4O. The minimum atomic E-state index is -0.522. The monoisotopic (exact) mass is 298 g/mol. The molecule has 0 aliphatic heterocycles. The molecule has 1 aromatic carbocycles. The first-order valence-corrected chi connectivity index (χ1v) is 5.91. The summed E-state index contributed by atoms with van der Waals surface area (Å²) in [4.78, 5) is 11.5. The number of amides is 2. The summed E-state index contributed by atoms with van der Waals surface area (Å²) in [6.45, 7) is 4.08. The van der Waals surface area contributed by atoms with Crippen LogP contribution in [0.25, 0.3) is 0 Å². The molecule has 0 radical (unpaired) electrons. The maximum Gasteiger partial charge on any atom is 0.326 e. The van der Waals surface area contributed by atoms with Crippen LogP contribution in [0.4, 0.5) is 10.5 Å². The van der Waals surface area contributed by atoms with Crippen molar-refractivity contribution in [3.8, 4) is 0 Å². The molecule has 6 heteroatoms. The van der Waals surface area contributed by atoms with Crippen molar-refractivity contribution in [2.45, 2.75) is 19.8 Å². The minimum Gasteiger partial charge on any atom is -0.370 e. The molecule has 0 atom stereocenters. The van der Waals surface area contributed by atoms with Crippen molar-refractivity contribution in [2.24, 2.45) is 5.73 Å². The van der Waals surface area contributed by atoms with E-state index in [1.54, 1.807) is 0 Å². The number of nitrogens with one attached hydrogen (secondary N) is 3. The number of para-hydroxylation sites is 1. The van der Waals surface area contributed by atoms with Gasteiger partial charge in [0, 0.05) is 4.47 Å². The third-order valence-electron chi connectivity index (χ3n) is 2.15. The zero-order valence-electron chi connectivity index (χ0n) is 9.67. The Balaban J connectivity index is 2.96. The van der Waals surface area contributed by atoms with E-state index in [4.69, 9.17) is 11.1 Å². The number of rotatable bonds is 2. The molecule has 1 aromatic rings. The predicted molar refractivity (Wildman–Crippen MR) is 72.3 cm³/mol. The summed E-state index contributed by atoms with van der Waals surface area (Å²) in [5.41, 5.74) is 6.79. The zero-order chi connectivity index (χ0) is 13.0. The second kappa shape index (κ2) is 5.67. The largest absolute Gasteiger partial charge is 0.370 e. The fourth-order valence-corrected chi connectivity index (χ4v) is 1.90. The molecule has 1 rings (SSSR count). The Labute approximate surface area is 108 Å². The highest BCUT2D eigenvalue weighted by atomic mass is 79.9. The van der Waals surface area contributed by atoms with E-state index in [0.717, 1.165) is 10.0 Å². The van der Waals surface area contributed by atoms with Gasteiger partial charge in [0.15, 0.2) is 5.96 Å². The van der Waals surface area contributed by atoms with Gasteiger partial charge in [-0.2, -0.15) is 0 Å². The van der Waals surface area contributed by atoms with Crippen LogP contribution in [0.1, 0.15) is 25.3 Å². The van der Waals surface area contributed by atoms with Crippen LogP contribution < -0.4 is 16.4 Å². The molecule has 5 N–H and O–H groups in total. The Kier molecular flexibility index (Phi) is 4.51. The molecule has 0 unspecified atom stereocenters. The second-order valence-corrected chi connectivity index (χ2v) is 4.71. The summed E-state index contributed by atoms with van der Waals surface area (Å²) in [6, 6.07) is 5.17. The van der Waals surface area contributed by atoms with Gasteiger partial charge in [0.1, 0.15) is 0 Å². The number of hydrogen-bond acceptors (Lipinski definition) is 2. The average molecular weight is 299 g/mol. The van der Waals surface area contributed by atoms with Crippen LogP contribution >= 0.6 is 15.9 Å². The van der Waals surface area contributed by atoms with Crippen molar-refractivity contribution < 1.29 is 4.79 Å². The fourth-order valence-electron chi connectivity index (χ4n) is 1.42. The summed E-state index contributed by atoms with van der Waals surface area (Å²) >= 11 is 3.38. The number of guanidine groups is 1. The van der Waals surface area contributed by atoms with E-state index in [1.807, 2.05) is 32.0 Å². The lowest BCUT2D eigenvalue weighted by molar-refractivity contribution is 0.256. The van der Waals surface area contributed by atoms with Crippen LogP contribution in [-0.4, -0.2) is 12.0 Å². The van der Waals surface area contributed by atoms with Gasteiger partial charge in [-0.1, -0.05) is 26.0 Å².